The molecule has 0 aromatic heterocycles. The van der Waals surface area contributed by atoms with Crippen molar-refractivity contribution in [3.05, 3.63) is 109 Å². The first-order valence-corrected chi connectivity index (χ1v) is 31.0. The summed E-state index contributed by atoms with van der Waals surface area (Å²) < 4.78 is 22.7. The van der Waals surface area contributed by atoms with Gasteiger partial charge in [0.05, 0.1) is 40.3 Å². The zero-order chi connectivity index (χ0) is 56.2. The van der Waals surface area contributed by atoms with Crippen LogP contribution in [-0.2, 0) is 33.3 Å². The largest absolute Gasteiger partial charge is 0.545 e. The molecule has 0 amide bonds. The fourth-order valence-corrected chi connectivity index (χ4v) is 8.32. The normalized spacial score (nSPS) is 13.5. The van der Waals surface area contributed by atoms with Gasteiger partial charge in [0, 0.05) is 12.8 Å². The number of rotatable bonds is 56. The fourth-order valence-electron chi connectivity index (χ4n) is 8.32. The molecule has 0 aliphatic heterocycles. The van der Waals surface area contributed by atoms with E-state index in [0.29, 0.717) is 23.9 Å². The van der Waals surface area contributed by atoms with E-state index in [-0.39, 0.29) is 38.6 Å². The molecule has 0 aliphatic rings. The van der Waals surface area contributed by atoms with Crippen LogP contribution in [0.5, 0.6) is 0 Å². The Morgan fingerprint density at radius 1 is 0.390 bits per heavy atom. The summed E-state index contributed by atoms with van der Waals surface area (Å²) in [6, 6.07) is 0. The zero-order valence-electron chi connectivity index (χ0n) is 50.0. The first-order valence-electron chi connectivity index (χ1n) is 31.0. The number of nitrogens with zero attached hydrogens (tertiary/aromatic N) is 1. The van der Waals surface area contributed by atoms with Crippen molar-refractivity contribution in [3.8, 4) is 0 Å². The zero-order valence-corrected chi connectivity index (χ0v) is 50.0. The maximum atomic E-state index is 12.9. The molecule has 9 nitrogen and oxygen atoms in total. The van der Waals surface area contributed by atoms with Crippen molar-refractivity contribution in [3.63, 3.8) is 0 Å². The molecule has 0 aromatic rings. The van der Waals surface area contributed by atoms with Gasteiger partial charge in [-0.3, -0.25) is 9.59 Å². The number of aliphatic carboxylic acids is 1. The van der Waals surface area contributed by atoms with Crippen LogP contribution in [-0.4, -0.2) is 82.3 Å². The summed E-state index contributed by atoms with van der Waals surface area (Å²) in [4.78, 5) is 37.3. The van der Waals surface area contributed by atoms with Gasteiger partial charge in [-0.2, -0.15) is 0 Å². The molecule has 0 rings (SSSR count). The van der Waals surface area contributed by atoms with Gasteiger partial charge in [-0.1, -0.05) is 245 Å². The van der Waals surface area contributed by atoms with E-state index in [1.165, 1.54) is 103 Å². The van der Waals surface area contributed by atoms with Crippen molar-refractivity contribution in [1.82, 2.24) is 0 Å². The molecule has 77 heavy (non-hydrogen) atoms. The van der Waals surface area contributed by atoms with E-state index in [9.17, 15) is 19.5 Å². The minimum Gasteiger partial charge on any atom is -0.545 e. The minimum absolute atomic E-state index is 0.140. The number of likely N-dealkylation sites (N-methyl/N-ethyl adjacent to an activating group) is 1. The van der Waals surface area contributed by atoms with Crippen LogP contribution in [0.2, 0.25) is 0 Å². The van der Waals surface area contributed by atoms with Crippen LogP contribution in [0, 0.1) is 0 Å². The Morgan fingerprint density at radius 2 is 0.701 bits per heavy atom. The molecule has 0 aliphatic carbocycles. The molecule has 0 spiro atoms. The molecule has 0 fully saturated rings. The summed E-state index contributed by atoms with van der Waals surface area (Å²) in [6.45, 7) is 4.49. The van der Waals surface area contributed by atoms with E-state index in [2.05, 4.69) is 123 Å². The van der Waals surface area contributed by atoms with Gasteiger partial charge in [-0.05, 0) is 96.3 Å². The maximum absolute atomic E-state index is 12.9. The van der Waals surface area contributed by atoms with Crippen LogP contribution >= 0.6 is 0 Å². The second-order valence-electron chi connectivity index (χ2n) is 21.6. The Labute approximate surface area is 473 Å². The van der Waals surface area contributed by atoms with Gasteiger partial charge in [0.1, 0.15) is 13.2 Å². The Hall–Kier alpha value is -4.05. The van der Waals surface area contributed by atoms with Crippen LogP contribution in [0.3, 0.4) is 0 Å². The van der Waals surface area contributed by atoms with Crippen LogP contribution < -0.4 is 5.11 Å². The third-order valence-electron chi connectivity index (χ3n) is 13.0. The van der Waals surface area contributed by atoms with E-state index in [1.54, 1.807) is 0 Å². The number of hydrogen-bond donors (Lipinski definition) is 0. The summed E-state index contributed by atoms with van der Waals surface area (Å²) in [5.74, 6) is -2.32. The number of carbonyl (C=O) groups is 3. The molecule has 2 atom stereocenters. The summed E-state index contributed by atoms with van der Waals surface area (Å²) >= 11 is 0. The second kappa shape index (κ2) is 58.1. The van der Waals surface area contributed by atoms with Gasteiger partial charge in [-0.15, -0.1) is 0 Å². The molecule has 440 valence electrons. The molecule has 9 heteroatoms. The number of allylic oxidation sites excluding steroid dienone is 18. The van der Waals surface area contributed by atoms with Crippen molar-refractivity contribution >= 4 is 17.9 Å². The lowest BCUT2D eigenvalue weighted by atomic mass is 10.0. The highest BCUT2D eigenvalue weighted by atomic mass is 16.7. The average molecular weight is 1070 g/mol. The van der Waals surface area contributed by atoms with Crippen LogP contribution in [0.4, 0.5) is 0 Å². The van der Waals surface area contributed by atoms with Gasteiger partial charge in [-0.25, -0.2) is 0 Å². The smallest absolute Gasteiger partial charge is 0.306 e. The quantitative estimate of drug-likeness (QED) is 0.0195. The van der Waals surface area contributed by atoms with Gasteiger partial charge in [0.15, 0.2) is 12.4 Å². The molecule has 0 heterocycles. The van der Waals surface area contributed by atoms with Gasteiger partial charge in [0.2, 0.25) is 0 Å². The maximum Gasteiger partial charge on any atom is 0.306 e. The molecular formula is C68H115NO8. The lowest BCUT2D eigenvalue weighted by molar-refractivity contribution is -0.870. The standard InChI is InChI=1S/C68H115NO8/c1-6-8-10-12-14-16-18-20-22-24-25-26-27-28-29-30-31-32-33-34-35-36-37-38-39-40-41-43-45-47-49-51-53-55-57-59-66(71)77-64(63-76-68(67(72)73)74-61-60-69(3,4)5)62-75-65(70)58-56-54-52-50-48-46-44-42-23-21-19-17-15-13-11-9-7-2/h8-11,14-17,20-23,25-26,28-29,44,46,64,68H,6-7,12-13,18-19,24,27,30-43,45,47-63H2,1-5H3/b10-8-,11-9-,16-14-,17-15-,22-20-,23-21-,26-25-,29-28-,46-44-. The van der Waals surface area contributed by atoms with Crippen molar-refractivity contribution in [2.75, 3.05) is 47.5 Å². The Kier molecular flexibility index (Phi) is 55.1. The Morgan fingerprint density at radius 3 is 1.04 bits per heavy atom. The molecule has 0 saturated carbocycles. The Balaban J connectivity index is 4.12. The lowest BCUT2D eigenvalue weighted by Gasteiger charge is -2.26. The predicted octanol–water partition coefficient (Wildman–Crippen LogP) is 17.3. The van der Waals surface area contributed by atoms with Crippen LogP contribution in [0.15, 0.2) is 109 Å². The van der Waals surface area contributed by atoms with Crippen LogP contribution in [0.25, 0.3) is 0 Å². The van der Waals surface area contributed by atoms with Crippen molar-refractivity contribution in [2.45, 2.75) is 257 Å². The number of unbranched alkanes of at least 4 members (excludes halogenated alkanes) is 23. The first-order chi connectivity index (χ1) is 37.6. The average Bonchev–Trinajstić information content (AvgIpc) is 3.40. The third-order valence-corrected chi connectivity index (χ3v) is 13.0. The minimum atomic E-state index is -1.63. The van der Waals surface area contributed by atoms with E-state index < -0.39 is 24.3 Å². The summed E-state index contributed by atoms with van der Waals surface area (Å²) in [5, 5.41) is 11.8. The highest BCUT2D eigenvalue weighted by Crippen LogP contribution is 2.16. The number of ether oxygens (including phenoxy) is 4. The first kappa shape index (κ1) is 73.0. The van der Waals surface area contributed by atoms with Crippen molar-refractivity contribution < 1.29 is 42.9 Å². The number of esters is 2. The molecule has 0 aromatic carbocycles. The molecule has 0 radical (unpaired) electrons. The summed E-state index contributed by atoms with van der Waals surface area (Å²) in [5.41, 5.74) is 0. The van der Waals surface area contributed by atoms with Gasteiger partial charge < -0.3 is 33.3 Å². The van der Waals surface area contributed by atoms with E-state index in [1.807, 2.05) is 21.1 Å². The van der Waals surface area contributed by atoms with E-state index in [0.717, 1.165) is 103 Å². The number of quaternary nitrogens is 1. The molecule has 0 bridgehead atoms. The predicted molar refractivity (Wildman–Crippen MR) is 324 cm³/mol. The molecule has 0 N–H and O–H groups in total. The summed E-state index contributed by atoms with van der Waals surface area (Å²) in [7, 11) is 5.91. The number of carbonyl (C=O) groups excluding carboxylic acids is 3. The van der Waals surface area contributed by atoms with Gasteiger partial charge in [0.25, 0.3) is 0 Å². The van der Waals surface area contributed by atoms with Gasteiger partial charge >= 0.3 is 11.9 Å². The van der Waals surface area contributed by atoms with E-state index in [4.69, 9.17) is 18.9 Å². The SMILES string of the molecule is CC/C=C\C/C=C\C/C=C\C/C=C\C/C=C\CCCCCCCCCCCCCCCCCCCCCC(=O)OC(COC(=O)CCCCCC/C=C\C/C=C\C/C=C\C/C=C\CC)COC(OCC[N+](C)(C)C)C(=O)[O-]. The van der Waals surface area contributed by atoms with Crippen molar-refractivity contribution in [2.24, 2.45) is 0 Å². The molecular weight excluding hydrogens is 959 g/mol. The van der Waals surface area contributed by atoms with E-state index >= 15 is 0 Å². The molecule has 2 unspecified atom stereocenters. The monoisotopic (exact) mass is 1070 g/mol. The topological polar surface area (TPSA) is 111 Å². The fraction of sp³-hybridized carbons (Fsp3) is 0.691. The van der Waals surface area contributed by atoms with Crippen LogP contribution in [0.1, 0.15) is 245 Å². The third kappa shape index (κ3) is 59.5. The van der Waals surface area contributed by atoms with Crippen molar-refractivity contribution in [1.29, 1.82) is 0 Å². The number of hydrogen-bond acceptors (Lipinski definition) is 8. The number of carboxylic acids is 1. The lowest BCUT2D eigenvalue weighted by Crippen LogP contribution is -2.44. The second-order valence-corrected chi connectivity index (χ2v) is 21.6. The Bertz CT molecular complexity index is 1630. The number of carboxylic acid groups (broad SMARTS) is 1. The molecule has 0 saturated heterocycles. The highest BCUT2D eigenvalue weighted by molar-refractivity contribution is 5.70. The summed E-state index contributed by atoms with van der Waals surface area (Å²) in [6.07, 6.45) is 77.3. The highest BCUT2D eigenvalue weighted by Gasteiger charge is 2.22.